The van der Waals surface area contributed by atoms with Crippen LogP contribution in [0.3, 0.4) is 0 Å². The first-order chi connectivity index (χ1) is 14.0. The number of carbonyl (C=O) groups is 1. The van der Waals surface area contributed by atoms with Crippen molar-refractivity contribution in [2.24, 2.45) is 0 Å². The molecule has 1 amide bonds. The minimum absolute atomic E-state index is 0.0659. The van der Waals surface area contributed by atoms with Gasteiger partial charge < -0.3 is 9.15 Å². The lowest BCUT2D eigenvalue weighted by molar-refractivity contribution is 0.102. The molecular weight excluding hydrogens is 388 g/mol. The van der Waals surface area contributed by atoms with Gasteiger partial charge in [-0.2, -0.15) is 0 Å². The third kappa shape index (κ3) is 4.20. The van der Waals surface area contributed by atoms with Crippen molar-refractivity contribution >= 4 is 33.3 Å². The van der Waals surface area contributed by atoms with E-state index in [1.165, 1.54) is 11.3 Å². The molecule has 0 aliphatic heterocycles. The van der Waals surface area contributed by atoms with Crippen molar-refractivity contribution in [3.63, 3.8) is 0 Å². The number of hydrogen-bond acceptors (Lipinski definition) is 6. The largest absolute Gasteiger partial charge is 0.491 e. The molecule has 0 saturated heterocycles. The topological polar surface area (TPSA) is 81.4 Å². The Labute approximate surface area is 170 Å². The van der Waals surface area contributed by atoms with Gasteiger partial charge in [0.25, 0.3) is 5.91 Å². The average Bonchev–Trinajstić information content (AvgIpc) is 3.15. The second-order valence-corrected chi connectivity index (χ2v) is 7.53. The molecule has 0 unspecified atom stereocenters. The van der Waals surface area contributed by atoms with Gasteiger partial charge in [-0.15, -0.1) is 11.3 Å². The maximum absolute atomic E-state index is 12.5. The van der Waals surface area contributed by atoms with Crippen LogP contribution in [0.5, 0.6) is 5.75 Å². The quantitative estimate of drug-likeness (QED) is 0.474. The van der Waals surface area contributed by atoms with Crippen LogP contribution in [-0.4, -0.2) is 17.0 Å². The molecule has 0 radical (unpaired) electrons. The van der Waals surface area contributed by atoms with E-state index in [9.17, 15) is 9.59 Å². The Morgan fingerprint density at radius 1 is 1.14 bits per heavy atom. The van der Waals surface area contributed by atoms with Crippen LogP contribution in [0, 0.1) is 0 Å². The Morgan fingerprint density at radius 3 is 2.66 bits per heavy atom. The maximum atomic E-state index is 12.5. The molecular formula is C22H18N2O4S. The minimum atomic E-state index is -0.465. The predicted molar refractivity (Wildman–Crippen MR) is 114 cm³/mol. The molecule has 0 saturated carbocycles. The maximum Gasteiger partial charge on any atom is 0.345 e. The summed E-state index contributed by atoms with van der Waals surface area (Å²) in [6.07, 6.45) is 0.0659. The summed E-state index contributed by atoms with van der Waals surface area (Å²) < 4.78 is 10.9. The van der Waals surface area contributed by atoms with E-state index < -0.39 is 5.63 Å². The van der Waals surface area contributed by atoms with Gasteiger partial charge in [0.15, 0.2) is 5.13 Å². The van der Waals surface area contributed by atoms with Crippen molar-refractivity contribution < 1.29 is 13.9 Å². The Morgan fingerprint density at radius 2 is 1.90 bits per heavy atom. The number of anilines is 1. The van der Waals surface area contributed by atoms with Gasteiger partial charge >= 0.3 is 5.63 Å². The number of nitrogens with one attached hydrogen (secondary N) is 1. The minimum Gasteiger partial charge on any atom is -0.491 e. The number of thiazole rings is 1. The average molecular weight is 406 g/mol. The normalized spacial score (nSPS) is 11.0. The zero-order chi connectivity index (χ0) is 20.4. The Bertz CT molecular complexity index is 1230. The molecule has 0 aliphatic carbocycles. The van der Waals surface area contributed by atoms with Crippen molar-refractivity contribution in [3.8, 4) is 17.0 Å². The van der Waals surface area contributed by atoms with Crippen molar-refractivity contribution in [2.75, 3.05) is 5.32 Å². The molecule has 0 spiro atoms. The molecule has 2 heterocycles. The van der Waals surface area contributed by atoms with Gasteiger partial charge in [0.05, 0.1) is 17.4 Å². The van der Waals surface area contributed by atoms with Gasteiger partial charge in [-0.05, 0) is 50.2 Å². The first-order valence-electron chi connectivity index (χ1n) is 9.06. The lowest BCUT2D eigenvalue weighted by atomic mass is 10.1. The van der Waals surface area contributed by atoms with E-state index in [2.05, 4.69) is 10.3 Å². The van der Waals surface area contributed by atoms with Crippen LogP contribution in [0.4, 0.5) is 5.13 Å². The number of amides is 1. The summed E-state index contributed by atoms with van der Waals surface area (Å²) in [5.41, 5.74) is 1.37. The number of benzene rings is 2. The van der Waals surface area contributed by atoms with Crippen molar-refractivity contribution in [1.82, 2.24) is 4.98 Å². The number of carbonyl (C=O) groups excluding carboxylic acids is 1. The Hall–Kier alpha value is -3.45. The first kappa shape index (κ1) is 18.9. The third-order valence-corrected chi connectivity index (χ3v) is 4.89. The standard InChI is InChI=1S/C22H18N2O4S/c1-13(2)27-16-9-7-14(8-10-16)20(25)24-22-23-18(12-29-22)17-11-15-5-3-4-6-19(15)28-21(17)26/h3-13H,1-2H3,(H,23,24,25). The molecule has 2 aromatic carbocycles. The molecule has 7 heteroatoms. The number of para-hydroxylation sites is 1. The van der Waals surface area contributed by atoms with Gasteiger partial charge in [-0.1, -0.05) is 18.2 Å². The third-order valence-electron chi connectivity index (χ3n) is 4.13. The molecule has 1 N–H and O–H groups in total. The highest BCUT2D eigenvalue weighted by atomic mass is 32.1. The summed E-state index contributed by atoms with van der Waals surface area (Å²) in [7, 11) is 0. The molecule has 29 heavy (non-hydrogen) atoms. The SMILES string of the molecule is CC(C)Oc1ccc(C(=O)Nc2nc(-c3cc4ccccc4oc3=O)cs2)cc1. The van der Waals surface area contributed by atoms with Crippen LogP contribution in [0.1, 0.15) is 24.2 Å². The Balaban J connectivity index is 1.53. The summed E-state index contributed by atoms with van der Waals surface area (Å²) in [6.45, 7) is 3.88. The lowest BCUT2D eigenvalue weighted by Gasteiger charge is -2.09. The number of rotatable bonds is 5. The van der Waals surface area contributed by atoms with Crippen LogP contribution >= 0.6 is 11.3 Å². The zero-order valence-corrected chi connectivity index (χ0v) is 16.7. The highest BCUT2D eigenvalue weighted by molar-refractivity contribution is 7.14. The fourth-order valence-corrected chi connectivity index (χ4v) is 3.53. The number of hydrogen-bond donors (Lipinski definition) is 1. The van der Waals surface area contributed by atoms with E-state index in [0.717, 1.165) is 5.39 Å². The number of fused-ring (bicyclic) bond motifs is 1. The van der Waals surface area contributed by atoms with E-state index in [4.69, 9.17) is 9.15 Å². The van der Waals surface area contributed by atoms with Crippen LogP contribution in [-0.2, 0) is 0 Å². The number of nitrogens with zero attached hydrogens (tertiary/aromatic N) is 1. The van der Waals surface area contributed by atoms with Gasteiger partial charge in [0, 0.05) is 16.3 Å². The summed E-state index contributed by atoms with van der Waals surface area (Å²) in [6, 6.07) is 15.9. The van der Waals surface area contributed by atoms with Crippen LogP contribution < -0.4 is 15.7 Å². The van der Waals surface area contributed by atoms with E-state index in [-0.39, 0.29) is 12.0 Å². The molecule has 146 valence electrons. The van der Waals surface area contributed by atoms with Gasteiger partial charge in [0.1, 0.15) is 11.3 Å². The fourth-order valence-electron chi connectivity index (χ4n) is 2.82. The van der Waals surface area contributed by atoms with E-state index in [1.807, 2.05) is 32.0 Å². The monoisotopic (exact) mass is 406 g/mol. The summed E-state index contributed by atoms with van der Waals surface area (Å²) in [4.78, 5) is 29.1. The summed E-state index contributed by atoms with van der Waals surface area (Å²) in [5, 5.41) is 5.69. The Kier molecular flexibility index (Phi) is 5.14. The van der Waals surface area contributed by atoms with Crippen molar-refractivity contribution in [2.45, 2.75) is 20.0 Å². The number of ether oxygens (including phenoxy) is 1. The molecule has 6 nitrogen and oxygen atoms in total. The lowest BCUT2D eigenvalue weighted by Crippen LogP contribution is -2.12. The van der Waals surface area contributed by atoms with Gasteiger partial charge in [-0.3, -0.25) is 10.1 Å². The first-order valence-corrected chi connectivity index (χ1v) is 9.94. The van der Waals surface area contributed by atoms with E-state index in [0.29, 0.717) is 33.3 Å². The predicted octanol–water partition coefficient (Wildman–Crippen LogP) is 4.96. The van der Waals surface area contributed by atoms with Gasteiger partial charge in [-0.25, -0.2) is 9.78 Å². The van der Waals surface area contributed by atoms with Crippen LogP contribution in [0.2, 0.25) is 0 Å². The van der Waals surface area contributed by atoms with Crippen molar-refractivity contribution in [1.29, 1.82) is 0 Å². The smallest absolute Gasteiger partial charge is 0.345 e. The summed E-state index contributed by atoms with van der Waals surface area (Å²) in [5.74, 6) is 0.420. The molecule has 0 bridgehead atoms. The highest BCUT2D eigenvalue weighted by Crippen LogP contribution is 2.25. The van der Waals surface area contributed by atoms with E-state index >= 15 is 0 Å². The summed E-state index contributed by atoms with van der Waals surface area (Å²) >= 11 is 1.24. The second-order valence-electron chi connectivity index (χ2n) is 6.67. The molecule has 0 fully saturated rings. The molecule has 2 aromatic heterocycles. The molecule has 4 rings (SSSR count). The zero-order valence-electron chi connectivity index (χ0n) is 15.8. The molecule has 0 aliphatic rings. The van der Waals surface area contributed by atoms with Crippen LogP contribution in [0.15, 0.2) is 69.2 Å². The number of aromatic nitrogens is 1. The van der Waals surface area contributed by atoms with Crippen molar-refractivity contribution in [3.05, 3.63) is 76.0 Å². The van der Waals surface area contributed by atoms with Gasteiger partial charge in [0.2, 0.25) is 0 Å². The second kappa shape index (κ2) is 7.89. The van der Waals surface area contributed by atoms with E-state index in [1.54, 1.807) is 41.8 Å². The molecule has 4 aromatic rings. The molecule has 0 atom stereocenters. The van der Waals surface area contributed by atoms with Crippen LogP contribution in [0.25, 0.3) is 22.2 Å². The highest BCUT2D eigenvalue weighted by Gasteiger charge is 2.14. The fraction of sp³-hybridized carbons (Fsp3) is 0.136.